The van der Waals surface area contributed by atoms with Gasteiger partial charge in [-0.1, -0.05) is 59.1 Å². The van der Waals surface area contributed by atoms with Crippen molar-refractivity contribution in [2.45, 2.75) is 56.7 Å². The summed E-state index contributed by atoms with van der Waals surface area (Å²) in [5.41, 5.74) is 0.573. The topological polar surface area (TPSA) is 120 Å². The average molecular weight is 728 g/mol. The van der Waals surface area contributed by atoms with Gasteiger partial charge in [-0.3, -0.25) is 29.5 Å². The molecule has 2 aliphatic heterocycles. The number of aromatic hydroxyl groups is 1. The number of alkyl halides is 3. The highest BCUT2D eigenvalue weighted by Gasteiger charge is 2.70. The van der Waals surface area contributed by atoms with E-state index in [0.717, 1.165) is 5.01 Å². The standard InChI is InChI=1S/C36H31Cl2F3N4O5/c1-34(2,3)44-30(47)23-12-11-22-24(27(23)32(44)49)15-25-31(48)45(43-29-26(38)14-19(16-42-29)36(39,40)41)33(50)35(25,18-7-9-20(37)10-8-18)28(22)17-5-4-6-21(46)13-17/h4-11,13-14,16,23-25,27-28,46H,12,15H2,1-3H3,(H,42,43). The Labute approximate surface area is 295 Å². The molecule has 1 saturated carbocycles. The smallest absolute Gasteiger partial charge is 0.417 e. The van der Waals surface area contributed by atoms with Crippen LogP contribution >= 0.6 is 23.2 Å². The molecule has 6 unspecified atom stereocenters. The van der Waals surface area contributed by atoms with Gasteiger partial charge in [0, 0.05) is 22.7 Å². The summed E-state index contributed by atoms with van der Waals surface area (Å²) in [6, 6.07) is 13.4. The molecule has 1 aromatic heterocycles. The summed E-state index contributed by atoms with van der Waals surface area (Å²) in [6.45, 7) is 5.33. The van der Waals surface area contributed by atoms with E-state index in [9.17, 15) is 32.7 Å². The first-order valence-corrected chi connectivity index (χ1v) is 16.7. The molecule has 3 aromatic rings. The quantitative estimate of drug-likeness (QED) is 0.222. The molecule has 2 aromatic carbocycles. The zero-order chi connectivity index (χ0) is 36.1. The summed E-state index contributed by atoms with van der Waals surface area (Å²) < 4.78 is 40.2. The highest BCUT2D eigenvalue weighted by atomic mass is 35.5. The van der Waals surface area contributed by atoms with Crippen LogP contribution in [0.3, 0.4) is 0 Å². The van der Waals surface area contributed by atoms with Crippen LogP contribution in [-0.2, 0) is 30.8 Å². The number of hydrazine groups is 1. The van der Waals surface area contributed by atoms with Gasteiger partial charge in [0.15, 0.2) is 5.82 Å². The van der Waals surface area contributed by atoms with Gasteiger partial charge < -0.3 is 5.11 Å². The van der Waals surface area contributed by atoms with Crippen molar-refractivity contribution in [1.82, 2.24) is 14.9 Å². The molecule has 6 atom stereocenters. The summed E-state index contributed by atoms with van der Waals surface area (Å²) in [7, 11) is 0. The van der Waals surface area contributed by atoms with Crippen LogP contribution in [-0.4, -0.2) is 49.2 Å². The summed E-state index contributed by atoms with van der Waals surface area (Å²) in [5.74, 6) is -6.75. The molecule has 2 N–H and O–H groups in total. The van der Waals surface area contributed by atoms with Crippen molar-refractivity contribution in [2.75, 3.05) is 5.43 Å². The van der Waals surface area contributed by atoms with Gasteiger partial charge in [-0.15, -0.1) is 0 Å². The molecular formula is C36H31Cl2F3N4O5. The SMILES string of the molecule is CC(C)(C)N1C(=O)C2CC=C3C(CC4C(=O)N(Nc5ncc(C(F)(F)F)cc5Cl)C(=O)C4(c4ccc(Cl)cc4)C3c3cccc(O)c3)C2C1=O. The number of benzene rings is 2. The molecule has 3 heterocycles. The fraction of sp³-hybridized carbons (Fsp3) is 0.361. The Bertz CT molecular complexity index is 2000. The number of likely N-dealkylation sites (tertiary alicyclic amines) is 1. The van der Waals surface area contributed by atoms with Crippen LogP contribution in [0.1, 0.15) is 56.2 Å². The Morgan fingerprint density at radius 3 is 2.26 bits per heavy atom. The summed E-state index contributed by atoms with van der Waals surface area (Å²) >= 11 is 12.5. The molecule has 0 radical (unpaired) electrons. The van der Waals surface area contributed by atoms with Crippen molar-refractivity contribution < 1.29 is 37.5 Å². The van der Waals surface area contributed by atoms with Crippen molar-refractivity contribution in [2.24, 2.45) is 23.7 Å². The zero-order valence-electron chi connectivity index (χ0n) is 27.0. The van der Waals surface area contributed by atoms with Crippen LogP contribution < -0.4 is 5.43 Å². The molecule has 4 amide bonds. The zero-order valence-corrected chi connectivity index (χ0v) is 28.5. The Kier molecular flexibility index (Phi) is 7.87. The average Bonchev–Trinajstić information content (AvgIpc) is 3.43. The van der Waals surface area contributed by atoms with Gasteiger partial charge in [0.05, 0.1) is 33.8 Å². The third-order valence-corrected chi connectivity index (χ3v) is 11.0. The fourth-order valence-corrected chi connectivity index (χ4v) is 8.86. The van der Waals surface area contributed by atoms with Crippen molar-refractivity contribution >= 4 is 52.6 Å². The van der Waals surface area contributed by atoms with Crippen LogP contribution in [0.25, 0.3) is 0 Å². The van der Waals surface area contributed by atoms with Crippen LogP contribution in [0, 0.1) is 23.7 Å². The second-order valence-electron chi connectivity index (χ2n) is 14.2. The number of aromatic nitrogens is 1. The molecule has 7 rings (SSSR count). The van der Waals surface area contributed by atoms with Gasteiger partial charge in [-0.05, 0) is 81.0 Å². The number of imide groups is 2. The van der Waals surface area contributed by atoms with Crippen molar-refractivity contribution in [3.05, 3.63) is 99.2 Å². The van der Waals surface area contributed by atoms with E-state index in [1.165, 1.54) is 17.0 Å². The van der Waals surface area contributed by atoms with E-state index in [2.05, 4.69) is 10.4 Å². The first kappa shape index (κ1) is 34.0. The molecule has 50 heavy (non-hydrogen) atoms. The maximum atomic E-state index is 15.1. The number of allylic oxidation sites excluding steroid dienone is 2. The summed E-state index contributed by atoms with van der Waals surface area (Å²) in [4.78, 5) is 62.7. The van der Waals surface area contributed by atoms with E-state index in [1.807, 2.05) is 6.08 Å². The summed E-state index contributed by atoms with van der Waals surface area (Å²) in [5, 5.41) is 11.3. The second-order valence-corrected chi connectivity index (χ2v) is 15.0. The number of phenols is 1. The van der Waals surface area contributed by atoms with Crippen LogP contribution in [0.2, 0.25) is 10.0 Å². The predicted molar refractivity (Wildman–Crippen MR) is 177 cm³/mol. The largest absolute Gasteiger partial charge is 0.508 e. The van der Waals surface area contributed by atoms with E-state index < -0.39 is 69.1 Å². The van der Waals surface area contributed by atoms with E-state index in [4.69, 9.17) is 23.2 Å². The number of rotatable bonds is 4. The number of hydrogen-bond acceptors (Lipinski definition) is 7. The molecule has 9 nitrogen and oxygen atoms in total. The van der Waals surface area contributed by atoms with Crippen molar-refractivity contribution in [3.63, 3.8) is 0 Å². The third kappa shape index (κ3) is 5.01. The van der Waals surface area contributed by atoms with Gasteiger partial charge in [0.1, 0.15) is 5.75 Å². The fourth-order valence-electron chi connectivity index (χ4n) is 8.52. The molecule has 2 saturated heterocycles. The lowest BCUT2D eigenvalue weighted by Crippen LogP contribution is -2.53. The maximum absolute atomic E-state index is 15.1. The number of anilines is 1. The number of nitrogens with zero attached hydrogens (tertiary/aromatic N) is 3. The molecule has 0 spiro atoms. The Morgan fingerprint density at radius 1 is 0.940 bits per heavy atom. The lowest BCUT2D eigenvalue weighted by molar-refractivity contribution is -0.146. The van der Waals surface area contributed by atoms with E-state index >= 15 is 4.79 Å². The Hall–Kier alpha value is -4.42. The first-order chi connectivity index (χ1) is 23.5. The lowest BCUT2D eigenvalue weighted by atomic mass is 9.49. The number of carbonyl (C=O) groups excluding carboxylic acids is 4. The van der Waals surface area contributed by atoms with E-state index in [1.54, 1.807) is 57.2 Å². The minimum Gasteiger partial charge on any atom is -0.508 e. The maximum Gasteiger partial charge on any atom is 0.417 e. The van der Waals surface area contributed by atoms with E-state index in [-0.39, 0.29) is 36.2 Å². The van der Waals surface area contributed by atoms with Gasteiger partial charge in [0.25, 0.3) is 11.8 Å². The number of carbonyl (C=O) groups is 4. The number of nitrogens with one attached hydrogen (secondary N) is 1. The molecule has 260 valence electrons. The van der Waals surface area contributed by atoms with Crippen LogP contribution in [0.4, 0.5) is 19.0 Å². The molecule has 0 bridgehead atoms. The Morgan fingerprint density at radius 2 is 1.64 bits per heavy atom. The predicted octanol–water partition coefficient (Wildman–Crippen LogP) is 6.90. The normalized spacial score (nSPS) is 28.0. The minimum absolute atomic E-state index is 0.00112. The summed E-state index contributed by atoms with van der Waals surface area (Å²) in [6.07, 6.45) is -2.09. The van der Waals surface area contributed by atoms with Crippen molar-refractivity contribution in [3.8, 4) is 5.75 Å². The highest BCUT2D eigenvalue weighted by Crippen LogP contribution is 2.64. The lowest BCUT2D eigenvalue weighted by Gasteiger charge is -2.50. The molecule has 2 aliphatic carbocycles. The van der Waals surface area contributed by atoms with Gasteiger partial charge in [-0.2, -0.15) is 18.2 Å². The molecule has 4 aliphatic rings. The Balaban J connectivity index is 1.43. The van der Waals surface area contributed by atoms with Gasteiger partial charge >= 0.3 is 6.18 Å². The number of halogens is 5. The number of hydrogen-bond donors (Lipinski definition) is 2. The minimum atomic E-state index is -4.74. The second kappa shape index (κ2) is 11.6. The van der Waals surface area contributed by atoms with Crippen LogP contribution in [0.15, 0.2) is 72.4 Å². The van der Waals surface area contributed by atoms with Gasteiger partial charge in [-0.25, -0.2) is 4.98 Å². The number of fused-ring (bicyclic) bond motifs is 4. The molecular weight excluding hydrogens is 696 g/mol. The number of amides is 4. The van der Waals surface area contributed by atoms with E-state index in [0.29, 0.717) is 34.0 Å². The number of pyridine rings is 1. The van der Waals surface area contributed by atoms with Gasteiger partial charge in [0.2, 0.25) is 11.8 Å². The molecule has 14 heteroatoms. The number of phenolic OH excluding ortho intramolecular Hbond substituents is 1. The first-order valence-electron chi connectivity index (χ1n) is 16.0. The van der Waals surface area contributed by atoms with Crippen LogP contribution in [0.5, 0.6) is 5.75 Å². The third-order valence-electron chi connectivity index (χ3n) is 10.4. The van der Waals surface area contributed by atoms with Crippen molar-refractivity contribution in [1.29, 1.82) is 0 Å². The molecule has 3 fully saturated rings. The highest BCUT2D eigenvalue weighted by molar-refractivity contribution is 6.33. The monoisotopic (exact) mass is 726 g/mol.